The molecule has 0 radical (unpaired) electrons. The summed E-state index contributed by atoms with van der Waals surface area (Å²) in [6, 6.07) is 11.8. The average molecular weight is 431 g/mol. The molecule has 2 aromatic rings. The summed E-state index contributed by atoms with van der Waals surface area (Å²) in [7, 11) is -3.66. The number of benzene rings is 2. The summed E-state index contributed by atoms with van der Waals surface area (Å²) in [6.45, 7) is 9.49. The van der Waals surface area contributed by atoms with Crippen LogP contribution in [0.15, 0.2) is 42.5 Å². The molecule has 1 heterocycles. The minimum Gasteiger partial charge on any atom is -0.487 e. The Morgan fingerprint density at radius 2 is 1.73 bits per heavy atom. The fourth-order valence-corrected chi connectivity index (χ4v) is 5.07. The molecule has 1 aliphatic heterocycles. The van der Waals surface area contributed by atoms with Gasteiger partial charge in [-0.3, -0.25) is 9.10 Å². The lowest BCUT2D eigenvalue weighted by atomic mass is 9.89. The van der Waals surface area contributed by atoms with E-state index in [4.69, 9.17) is 4.74 Å². The van der Waals surface area contributed by atoms with E-state index in [2.05, 4.69) is 5.32 Å². The summed E-state index contributed by atoms with van der Waals surface area (Å²) in [4.78, 5) is 13.2. The maximum atomic E-state index is 13.2. The monoisotopic (exact) mass is 430 g/mol. The Kier molecular flexibility index (Phi) is 5.87. The normalized spacial score (nSPS) is 18.7. The van der Waals surface area contributed by atoms with E-state index in [1.165, 1.54) is 4.31 Å². The summed E-state index contributed by atoms with van der Waals surface area (Å²) >= 11 is 0. The third-order valence-electron chi connectivity index (χ3n) is 5.32. The van der Waals surface area contributed by atoms with Gasteiger partial charge in [0.05, 0.1) is 18.0 Å². The molecule has 0 fully saturated rings. The first-order valence-corrected chi connectivity index (χ1v) is 11.9. The number of carbonyl (C=O) groups is 1. The summed E-state index contributed by atoms with van der Waals surface area (Å²) in [5.74, 6) is 0.393. The highest BCUT2D eigenvalue weighted by molar-refractivity contribution is 7.92. The van der Waals surface area contributed by atoms with E-state index < -0.39 is 21.7 Å². The molecule has 30 heavy (non-hydrogen) atoms. The molecular formula is C23H30N2O4S. The molecule has 2 atom stereocenters. The van der Waals surface area contributed by atoms with Crippen LogP contribution in [0.4, 0.5) is 5.69 Å². The Morgan fingerprint density at radius 3 is 2.33 bits per heavy atom. The van der Waals surface area contributed by atoms with Crippen LogP contribution >= 0.6 is 0 Å². The molecule has 1 aliphatic rings. The van der Waals surface area contributed by atoms with Crippen molar-refractivity contribution in [3.05, 3.63) is 59.2 Å². The van der Waals surface area contributed by atoms with Crippen molar-refractivity contribution < 1.29 is 17.9 Å². The van der Waals surface area contributed by atoms with Gasteiger partial charge in [-0.25, -0.2) is 8.42 Å². The van der Waals surface area contributed by atoms with Gasteiger partial charge >= 0.3 is 0 Å². The molecule has 7 heteroatoms. The zero-order chi connectivity index (χ0) is 22.3. The van der Waals surface area contributed by atoms with Crippen LogP contribution in [0.25, 0.3) is 0 Å². The first-order valence-electron chi connectivity index (χ1n) is 10.0. The fraction of sp³-hybridized carbons (Fsp3) is 0.435. The SMILES string of the molecule is Cc1ccc(N([C@@H](C)C(=O)N[C@@H]2CC(C)(C)Oc3ccc(C)cc32)S(C)(=O)=O)cc1. The number of rotatable bonds is 5. The van der Waals surface area contributed by atoms with Crippen LogP contribution < -0.4 is 14.4 Å². The molecule has 1 amide bonds. The molecule has 0 aromatic heterocycles. The summed E-state index contributed by atoms with van der Waals surface area (Å²) in [5.41, 5.74) is 3.02. The largest absolute Gasteiger partial charge is 0.487 e. The van der Waals surface area contributed by atoms with Crippen molar-refractivity contribution in [3.8, 4) is 5.75 Å². The van der Waals surface area contributed by atoms with Gasteiger partial charge in [0.25, 0.3) is 0 Å². The van der Waals surface area contributed by atoms with Crippen molar-refractivity contribution in [2.45, 2.75) is 58.7 Å². The molecule has 3 rings (SSSR count). The number of fused-ring (bicyclic) bond motifs is 1. The van der Waals surface area contributed by atoms with E-state index in [0.717, 1.165) is 28.7 Å². The van der Waals surface area contributed by atoms with E-state index >= 15 is 0 Å². The van der Waals surface area contributed by atoms with Crippen LogP contribution in [0.2, 0.25) is 0 Å². The molecule has 1 N–H and O–H groups in total. The second kappa shape index (κ2) is 7.95. The highest BCUT2D eigenvalue weighted by Gasteiger charge is 2.37. The third-order valence-corrected chi connectivity index (χ3v) is 6.56. The first kappa shape index (κ1) is 22.2. The van der Waals surface area contributed by atoms with Crippen LogP contribution in [0.3, 0.4) is 0 Å². The molecule has 0 spiro atoms. The van der Waals surface area contributed by atoms with Crippen molar-refractivity contribution in [1.29, 1.82) is 0 Å². The number of carbonyl (C=O) groups excluding carboxylic acids is 1. The van der Waals surface area contributed by atoms with Gasteiger partial charge in [0.15, 0.2) is 0 Å². The average Bonchev–Trinajstić information content (AvgIpc) is 2.62. The maximum Gasteiger partial charge on any atom is 0.244 e. The first-order chi connectivity index (χ1) is 13.9. The minimum atomic E-state index is -3.66. The van der Waals surface area contributed by atoms with Crippen LogP contribution in [-0.4, -0.2) is 32.2 Å². The number of hydrogen-bond donors (Lipinski definition) is 1. The Labute approximate surface area is 179 Å². The highest BCUT2D eigenvalue weighted by atomic mass is 32.2. The number of nitrogens with one attached hydrogen (secondary N) is 1. The van der Waals surface area contributed by atoms with Gasteiger partial charge in [0.1, 0.15) is 17.4 Å². The van der Waals surface area contributed by atoms with Crippen molar-refractivity contribution in [2.24, 2.45) is 0 Å². The van der Waals surface area contributed by atoms with Gasteiger partial charge in [-0.05, 0) is 52.8 Å². The van der Waals surface area contributed by atoms with Gasteiger partial charge < -0.3 is 10.1 Å². The van der Waals surface area contributed by atoms with Crippen molar-refractivity contribution >= 4 is 21.6 Å². The summed E-state index contributed by atoms with van der Waals surface area (Å²) in [5, 5.41) is 3.07. The molecule has 162 valence electrons. The lowest BCUT2D eigenvalue weighted by Crippen LogP contribution is -2.50. The van der Waals surface area contributed by atoms with Crippen LogP contribution in [0.5, 0.6) is 5.75 Å². The Balaban J connectivity index is 1.90. The standard InChI is InChI=1S/C23H30N2O4S/c1-15-7-10-18(11-8-15)25(30(6,27)28)17(3)22(26)24-20-14-23(4,5)29-21-12-9-16(2)13-19(20)21/h7-13,17,20H,14H2,1-6H3,(H,24,26)/t17-,20+/m0/s1. The molecule has 6 nitrogen and oxygen atoms in total. The lowest BCUT2D eigenvalue weighted by molar-refractivity contribution is -0.123. The van der Waals surface area contributed by atoms with Gasteiger partial charge in [-0.2, -0.15) is 0 Å². The summed E-state index contributed by atoms with van der Waals surface area (Å²) in [6.07, 6.45) is 1.71. The Bertz CT molecular complexity index is 1050. The molecular weight excluding hydrogens is 400 g/mol. The van der Waals surface area contributed by atoms with E-state index in [-0.39, 0.29) is 11.9 Å². The number of amides is 1. The van der Waals surface area contributed by atoms with Gasteiger partial charge in [-0.15, -0.1) is 0 Å². The molecule has 0 bridgehead atoms. The second-order valence-corrected chi connectivity index (χ2v) is 10.6. The number of anilines is 1. The van der Waals surface area contributed by atoms with Crippen LogP contribution in [-0.2, 0) is 14.8 Å². The Morgan fingerprint density at radius 1 is 1.13 bits per heavy atom. The van der Waals surface area contributed by atoms with E-state index in [0.29, 0.717) is 12.1 Å². The quantitative estimate of drug-likeness (QED) is 0.781. The van der Waals surface area contributed by atoms with Crippen LogP contribution in [0.1, 0.15) is 49.9 Å². The smallest absolute Gasteiger partial charge is 0.244 e. The maximum absolute atomic E-state index is 13.2. The fourth-order valence-electron chi connectivity index (χ4n) is 3.90. The highest BCUT2D eigenvalue weighted by Crippen LogP contribution is 2.40. The van der Waals surface area contributed by atoms with E-state index in [1.807, 2.05) is 58.0 Å². The lowest BCUT2D eigenvalue weighted by Gasteiger charge is -2.39. The number of nitrogens with zero attached hydrogens (tertiary/aromatic N) is 1. The van der Waals surface area contributed by atoms with Gasteiger partial charge in [0.2, 0.25) is 15.9 Å². The number of sulfonamides is 1. The van der Waals surface area contributed by atoms with Crippen molar-refractivity contribution in [3.63, 3.8) is 0 Å². The molecule has 0 saturated heterocycles. The van der Waals surface area contributed by atoms with Crippen molar-refractivity contribution in [1.82, 2.24) is 5.32 Å². The third kappa shape index (κ3) is 4.78. The predicted molar refractivity (Wildman–Crippen MR) is 119 cm³/mol. The molecule has 2 aromatic carbocycles. The van der Waals surface area contributed by atoms with E-state index in [1.54, 1.807) is 19.1 Å². The zero-order valence-corrected chi connectivity index (χ0v) is 19.2. The topological polar surface area (TPSA) is 75.7 Å². The zero-order valence-electron chi connectivity index (χ0n) is 18.4. The van der Waals surface area contributed by atoms with Crippen molar-refractivity contribution in [2.75, 3.05) is 10.6 Å². The Hall–Kier alpha value is -2.54. The molecule has 0 unspecified atom stereocenters. The van der Waals surface area contributed by atoms with Gasteiger partial charge in [-0.1, -0.05) is 35.4 Å². The van der Waals surface area contributed by atoms with Gasteiger partial charge in [0, 0.05) is 12.0 Å². The minimum absolute atomic E-state index is 0.266. The molecule has 0 aliphatic carbocycles. The number of hydrogen-bond acceptors (Lipinski definition) is 4. The number of aryl methyl sites for hydroxylation is 2. The summed E-state index contributed by atoms with van der Waals surface area (Å²) < 4.78 is 32.3. The number of ether oxygens (including phenoxy) is 1. The second-order valence-electron chi connectivity index (χ2n) is 8.74. The van der Waals surface area contributed by atoms with Crippen LogP contribution in [0, 0.1) is 13.8 Å². The molecule has 0 saturated carbocycles. The van der Waals surface area contributed by atoms with E-state index in [9.17, 15) is 13.2 Å². The predicted octanol–water partition coefficient (Wildman–Crippen LogP) is 3.88.